The zero-order valence-electron chi connectivity index (χ0n) is 9.92. The molecule has 0 saturated heterocycles. The number of hydrogen-bond acceptors (Lipinski definition) is 4. The number of nitrogens with zero attached hydrogens (tertiary/aromatic N) is 3. The molecule has 0 saturated carbocycles. The molecule has 0 N–H and O–H groups in total. The summed E-state index contributed by atoms with van der Waals surface area (Å²) in [5, 5.41) is 0. The van der Waals surface area contributed by atoms with Crippen LogP contribution in [0.3, 0.4) is 0 Å². The summed E-state index contributed by atoms with van der Waals surface area (Å²) in [4.78, 5) is 21.1. The maximum atomic E-state index is 11.9. The Labute approximate surface area is 104 Å². The monoisotopic (exact) mass is 253 g/mol. The van der Waals surface area contributed by atoms with Crippen LogP contribution in [-0.2, 0) is 10.8 Å². The first-order chi connectivity index (χ1) is 8.00. The second-order valence-electron chi connectivity index (χ2n) is 3.69. The van der Waals surface area contributed by atoms with Crippen molar-refractivity contribution in [3.05, 3.63) is 30.7 Å². The summed E-state index contributed by atoms with van der Waals surface area (Å²) in [6.07, 6.45) is 5.11. The number of carbonyl (C=O) groups excluding carboxylic acids is 1. The van der Waals surface area contributed by atoms with E-state index in [-0.39, 0.29) is 17.3 Å². The van der Waals surface area contributed by atoms with Crippen molar-refractivity contribution in [1.29, 1.82) is 0 Å². The Bertz CT molecular complexity index is 423. The summed E-state index contributed by atoms with van der Waals surface area (Å²) in [5.74, 6) is 0.354. The van der Waals surface area contributed by atoms with E-state index < -0.39 is 10.8 Å². The highest BCUT2D eigenvalue weighted by Gasteiger charge is 2.13. The predicted molar refractivity (Wildman–Crippen MR) is 65.9 cm³/mol. The average molecular weight is 253 g/mol. The van der Waals surface area contributed by atoms with Gasteiger partial charge in [0.15, 0.2) is 0 Å². The Hall–Kier alpha value is -1.30. The second-order valence-corrected chi connectivity index (χ2v) is 5.24. The van der Waals surface area contributed by atoms with E-state index in [1.54, 1.807) is 13.3 Å². The molecule has 1 aromatic heterocycles. The van der Waals surface area contributed by atoms with Crippen molar-refractivity contribution in [3.8, 4) is 0 Å². The molecular formula is C11H15N3O2S. The van der Waals surface area contributed by atoms with Crippen molar-refractivity contribution < 1.29 is 9.00 Å². The second kappa shape index (κ2) is 6.44. The van der Waals surface area contributed by atoms with E-state index in [1.165, 1.54) is 17.3 Å². The number of rotatable bonds is 5. The largest absolute Gasteiger partial charge is 0.340 e. The van der Waals surface area contributed by atoms with E-state index in [0.717, 1.165) is 0 Å². The molecule has 0 aromatic carbocycles. The molecule has 0 aliphatic rings. The lowest BCUT2D eigenvalue weighted by molar-refractivity contribution is 0.0789. The van der Waals surface area contributed by atoms with E-state index >= 15 is 0 Å². The van der Waals surface area contributed by atoms with Crippen LogP contribution < -0.4 is 0 Å². The summed E-state index contributed by atoms with van der Waals surface area (Å²) in [7, 11) is 0.843. The van der Waals surface area contributed by atoms with Crippen LogP contribution in [0.4, 0.5) is 0 Å². The van der Waals surface area contributed by atoms with Crippen LogP contribution in [0.25, 0.3) is 0 Å². The molecule has 92 valence electrons. The minimum Gasteiger partial charge on any atom is -0.340 e. The molecule has 0 aliphatic carbocycles. The summed E-state index contributed by atoms with van der Waals surface area (Å²) >= 11 is 0. The fourth-order valence-electron chi connectivity index (χ4n) is 1.29. The quantitative estimate of drug-likeness (QED) is 0.761. The van der Waals surface area contributed by atoms with Gasteiger partial charge in [-0.15, -0.1) is 0 Å². The topological polar surface area (TPSA) is 63.2 Å². The van der Waals surface area contributed by atoms with Gasteiger partial charge >= 0.3 is 0 Å². The fourth-order valence-corrected chi connectivity index (χ4v) is 1.82. The first kappa shape index (κ1) is 13.8. The van der Waals surface area contributed by atoms with E-state index in [2.05, 4.69) is 9.97 Å². The van der Waals surface area contributed by atoms with Gasteiger partial charge in [-0.2, -0.15) is 0 Å². The number of hydrogen-bond donors (Lipinski definition) is 0. The zero-order valence-corrected chi connectivity index (χ0v) is 10.7. The van der Waals surface area contributed by atoms with Gasteiger partial charge in [0.25, 0.3) is 5.91 Å². The molecule has 0 aliphatic heterocycles. The minimum absolute atomic E-state index is 0.221. The molecule has 1 atom stereocenters. The highest BCUT2D eigenvalue weighted by atomic mass is 32.2. The maximum absolute atomic E-state index is 11.9. The molecule has 0 fully saturated rings. The molecule has 17 heavy (non-hydrogen) atoms. The smallest absolute Gasteiger partial charge is 0.273 e. The molecule has 1 unspecified atom stereocenters. The van der Waals surface area contributed by atoms with Gasteiger partial charge in [0, 0.05) is 49.5 Å². The van der Waals surface area contributed by atoms with Crippen LogP contribution in [0, 0.1) is 6.92 Å². The molecule has 5 nitrogen and oxygen atoms in total. The van der Waals surface area contributed by atoms with Gasteiger partial charge in [0.05, 0.1) is 11.9 Å². The van der Waals surface area contributed by atoms with Gasteiger partial charge in [-0.25, -0.2) is 4.98 Å². The van der Waals surface area contributed by atoms with Crippen LogP contribution in [0.15, 0.2) is 12.4 Å². The fraction of sp³-hybridized carbons (Fsp3) is 0.455. The Balaban J connectivity index is 2.54. The SMILES string of the molecule is [CH]c1cncc(C(=O)N(C)CCCS(C)=O)n1. The number of carbonyl (C=O) groups is 1. The molecular weight excluding hydrogens is 238 g/mol. The summed E-state index contributed by atoms with van der Waals surface area (Å²) in [6.45, 7) is 5.99. The van der Waals surface area contributed by atoms with E-state index in [1.807, 2.05) is 0 Å². The lowest BCUT2D eigenvalue weighted by Crippen LogP contribution is -2.29. The normalized spacial score (nSPS) is 12.2. The lowest BCUT2D eigenvalue weighted by Gasteiger charge is -2.16. The Morgan fingerprint density at radius 3 is 2.82 bits per heavy atom. The molecule has 1 heterocycles. The standard InChI is InChI=1S/C11H15N3O2S/c1-9-7-12-8-10(13-9)11(15)14(2)5-4-6-17(3)16/h1,7-8H,4-6H2,2-3H3. The van der Waals surface area contributed by atoms with Gasteiger partial charge < -0.3 is 4.90 Å². The Morgan fingerprint density at radius 1 is 1.53 bits per heavy atom. The van der Waals surface area contributed by atoms with Gasteiger partial charge in [-0.3, -0.25) is 14.0 Å². The summed E-state index contributed by atoms with van der Waals surface area (Å²) < 4.78 is 10.9. The third-order valence-corrected chi connectivity index (χ3v) is 3.01. The van der Waals surface area contributed by atoms with Crippen molar-refractivity contribution in [1.82, 2.24) is 14.9 Å². The van der Waals surface area contributed by atoms with Crippen LogP contribution in [0.2, 0.25) is 0 Å². The maximum Gasteiger partial charge on any atom is 0.273 e. The van der Waals surface area contributed by atoms with Crippen molar-refractivity contribution in [3.63, 3.8) is 0 Å². The van der Waals surface area contributed by atoms with Crippen LogP contribution in [0.5, 0.6) is 0 Å². The minimum atomic E-state index is -0.829. The number of aromatic nitrogens is 2. The van der Waals surface area contributed by atoms with Crippen LogP contribution in [-0.4, -0.2) is 50.6 Å². The van der Waals surface area contributed by atoms with E-state index in [0.29, 0.717) is 18.7 Å². The lowest BCUT2D eigenvalue weighted by atomic mass is 10.3. The highest BCUT2D eigenvalue weighted by Crippen LogP contribution is 2.01. The highest BCUT2D eigenvalue weighted by molar-refractivity contribution is 7.84. The van der Waals surface area contributed by atoms with Crippen molar-refractivity contribution >= 4 is 16.7 Å². The third-order valence-electron chi connectivity index (χ3n) is 2.14. The molecule has 0 spiro atoms. The first-order valence-corrected chi connectivity index (χ1v) is 6.86. The van der Waals surface area contributed by atoms with Crippen LogP contribution >= 0.6 is 0 Å². The Kier molecular flexibility index (Phi) is 5.21. The van der Waals surface area contributed by atoms with E-state index in [9.17, 15) is 9.00 Å². The molecule has 6 heteroatoms. The molecule has 1 amide bonds. The third kappa shape index (κ3) is 4.60. The van der Waals surface area contributed by atoms with Crippen molar-refractivity contribution in [2.24, 2.45) is 0 Å². The van der Waals surface area contributed by atoms with Crippen molar-refractivity contribution in [2.75, 3.05) is 25.6 Å². The average Bonchev–Trinajstić information content (AvgIpc) is 2.27. The summed E-state index contributed by atoms with van der Waals surface area (Å²) in [6, 6.07) is 0. The first-order valence-electron chi connectivity index (χ1n) is 5.13. The van der Waals surface area contributed by atoms with Gasteiger partial charge in [-0.1, -0.05) is 0 Å². The van der Waals surface area contributed by atoms with Gasteiger partial charge in [0.2, 0.25) is 0 Å². The number of amides is 1. The van der Waals surface area contributed by atoms with Gasteiger partial charge in [-0.05, 0) is 6.42 Å². The summed E-state index contributed by atoms with van der Waals surface area (Å²) in [5.41, 5.74) is 0.448. The van der Waals surface area contributed by atoms with E-state index in [4.69, 9.17) is 6.92 Å². The molecule has 1 aromatic rings. The zero-order chi connectivity index (χ0) is 12.8. The van der Waals surface area contributed by atoms with Crippen LogP contribution in [0.1, 0.15) is 22.6 Å². The van der Waals surface area contributed by atoms with Gasteiger partial charge in [0.1, 0.15) is 5.69 Å². The molecule has 1 rings (SSSR count). The molecule has 0 bridgehead atoms. The predicted octanol–water partition coefficient (Wildman–Crippen LogP) is 0.376. The molecule has 2 radical (unpaired) electrons. The van der Waals surface area contributed by atoms with Crippen molar-refractivity contribution in [2.45, 2.75) is 6.42 Å². The Morgan fingerprint density at radius 2 is 2.24 bits per heavy atom.